The third-order valence-electron chi connectivity index (χ3n) is 3.31. The summed E-state index contributed by atoms with van der Waals surface area (Å²) in [4.78, 5) is 0.848. The van der Waals surface area contributed by atoms with Gasteiger partial charge in [0.1, 0.15) is 4.99 Å². The quantitative estimate of drug-likeness (QED) is 0.447. The topological polar surface area (TPSA) is 48.1 Å². The van der Waals surface area contributed by atoms with E-state index in [2.05, 4.69) is 68.3 Å². The lowest BCUT2D eigenvalue weighted by Gasteiger charge is -2.35. The molecular formula is C12H15IN4S2. The first-order chi connectivity index (χ1) is 9.24. The minimum Gasteiger partial charge on any atom is -0.313 e. The van der Waals surface area contributed by atoms with E-state index < -0.39 is 0 Å². The van der Waals surface area contributed by atoms with Gasteiger partial charge in [-0.25, -0.2) is 5.43 Å². The second kappa shape index (κ2) is 6.23. The first-order valence-corrected chi connectivity index (χ1v) is 8.66. The van der Waals surface area contributed by atoms with Crippen molar-refractivity contribution in [2.45, 2.75) is 23.2 Å². The highest BCUT2D eigenvalue weighted by Gasteiger charge is 2.39. The van der Waals surface area contributed by atoms with Crippen LogP contribution < -0.4 is 21.5 Å². The van der Waals surface area contributed by atoms with E-state index in [0.29, 0.717) is 11.4 Å². The predicted octanol–water partition coefficient (Wildman–Crippen LogP) is 1.17. The van der Waals surface area contributed by atoms with Gasteiger partial charge in [-0.2, -0.15) is 0 Å². The van der Waals surface area contributed by atoms with Gasteiger partial charge in [0.25, 0.3) is 0 Å². The third kappa shape index (κ3) is 3.22. The van der Waals surface area contributed by atoms with Crippen LogP contribution in [0.4, 0.5) is 0 Å². The summed E-state index contributed by atoms with van der Waals surface area (Å²) in [7, 11) is 0. The van der Waals surface area contributed by atoms with Crippen LogP contribution in [-0.4, -0.2) is 29.1 Å². The molecule has 0 radical (unpaired) electrons. The van der Waals surface area contributed by atoms with Crippen molar-refractivity contribution in [2.75, 3.05) is 6.67 Å². The smallest absolute Gasteiger partial charge is 0.108 e. The normalized spacial score (nSPS) is 29.9. The second-order valence-electron chi connectivity index (χ2n) is 4.58. The Morgan fingerprint density at radius 2 is 2.05 bits per heavy atom. The van der Waals surface area contributed by atoms with Gasteiger partial charge < -0.3 is 5.43 Å². The van der Waals surface area contributed by atoms with Crippen LogP contribution in [0, 0.1) is 3.57 Å². The Bertz CT molecular complexity index is 467. The number of hydrogen-bond acceptors (Lipinski definition) is 5. The average Bonchev–Trinajstić information content (AvgIpc) is 2.90. The summed E-state index contributed by atoms with van der Waals surface area (Å²) in [6, 6.07) is 9.26. The summed E-state index contributed by atoms with van der Waals surface area (Å²) in [5.74, 6) is 0.994. The molecule has 1 aromatic rings. The van der Waals surface area contributed by atoms with Crippen LogP contribution in [0.2, 0.25) is 0 Å². The van der Waals surface area contributed by atoms with Crippen molar-refractivity contribution in [1.29, 1.82) is 0 Å². The van der Waals surface area contributed by atoms with E-state index in [0.717, 1.165) is 17.4 Å². The van der Waals surface area contributed by atoms with Gasteiger partial charge in [0, 0.05) is 16.0 Å². The van der Waals surface area contributed by atoms with Crippen molar-refractivity contribution in [1.82, 2.24) is 21.5 Å². The molecule has 0 spiro atoms. The first kappa shape index (κ1) is 14.0. The molecule has 2 heterocycles. The van der Waals surface area contributed by atoms with Crippen LogP contribution in [0.25, 0.3) is 0 Å². The number of fused-ring (bicyclic) bond motifs is 1. The SMILES string of the molecule is S=C1NNC(SCc2ccc(I)cc2)C2NCNC12. The van der Waals surface area contributed by atoms with Crippen LogP contribution >= 0.6 is 46.6 Å². The van der Waals surface area contributed by atoms with Crippen LogP contribution in [0.15, 0.2) is 24.3 Å². The summed E-state index contributed by atoms with van der Waals surface area (Å²) in [6.45, 7) is 0.819. The molecule has 0 amide bonds. The Labute approximate surface area is 136 Å². The van der Waals surface area contributed by atoms with E-state index in [1.807, 2.05) is 11.8 Å². The average molecular weight is 406 g/mol. The number of hydrogen-bond donors (Lipinski definition) is 4. The molecule has 0 saturated carbocycles. The number of rotatable bonds is 3. The van der Waals surface area contributed by atoms with Crippen LogP contribution in [0.1, 0.15) is 5.56 Å². The Morgan fingerprint density at radius 3 is 2.84 bits per heavy atom. The Morgan fingerprint density at radius 1 is 1.26 bits per heavy atom. The van der Waals surface area contributed by atoms with Crippen LogP contribution in [0.5, 0.6) is 0 Å². The molecule has 3 unspecified atom stereocenters. The fraction of sp³-hybridized carbons (Fsp3) is 0.417. The third-order valence-corrected chi connectivity index (χ3v) is 5.65. The number of thiocarbonyl (C=S) groups is 1. The number of hydrazine groups is 1. The predicted molar refractivity (Wildman–Crippen MR) is 91.8 cm³/mol. The molecule has 2 aliphatic heterocycles. The fourth-order valence-corrected chi connectivity index (χ4v) is 4.11. The van der Waals surface area contributed by atoms with E-state index in [1.54, 1.807) is 0 Å². The van der Waals surface area contributed by atoms with Gasteiger partial charge in [-0.05, 0) is 40.3 Å². The first-order valence-electron chi connectivity index (χ1n) is 6.12. The number of benzene rings is 1. The number of nitrogens with one attached hydrogen (secondary N) is 4. The molecule has 2 saturated heterocycles. The molecule has 0 aliphatic carbocycles. The fourth-order valence-electron chi connectivity index (χ4n) is 2.29. The minimum atomic E-state index is 0.241. The molecule has 2 fully saturated rings. The molecule has 102 valence electrons. The van der Waals surface area contributed by atoms with Gasteiger partial charge in [-0.15, -0.1) is 11.8 Å². The molecule has 1 aromatic carbocycles. The highest BCUT2D eigenvalue weighted by Crippen LogP contribution is 2.23. The summed E-state index contributed by atoms with van der Waals surface area (Å²) < 4.78 is 1.27. The molecular weight excluding hydrogens is 391 g/mol. The Balaban J connectivity index is 1.60. The van der Waals surface area contributed by atoms with Gasteiger partial charge >= 0.3 is 0 Å². The van der Waals surface area contributed by atoms with E-state index in [9.17, 15) is 0 Å². The van der Waals surface area contributed by atoms with Crippen LogP contribution in [-0.2, 0) is 5.75 Å². The highest BCUT2D eigenvalue weighted by molar-refractivity contribution is 14.1. The standard InChI is InChI=1S/C12H15IN4S2/c13-8-3-1-7(2-4-8)5-19-12-10-9(14-6-15-10)11(18)16-17-12/h1-4,9-10,12,14-15,17H,5-6H2,(H,16,18). The minimum absolute atomic E-state index is 0.241. The zero-order valence-electron chi connectivity index (χ0n) is 10.2. The maximum Gasteiger partial charge on any atom is 0.108 e. The van der Waals surface area contributed by atoms with Gasteiger partial charge in [0.05, 0.1) is 17.5 Å². The summed E-state index contributed by atoms with van der Waals surface area (Å²) in [5, 5.41) is 7.15. The summed E-state index contributed by atoms with van der Waals surface area (Å²) in [6.07, 6.45) is 0. The Hall–Kier alpha value is 0.0700. The maximum atomic E-state index is 5.30. The molecule has 2 aliphatic rings. The summed E-state index contributed by atoms with van der Waals surface area (Å²) in [5.41, 5.74) is 7.75. The number of thioether (sulfide) groups is 1. The molecule has 4 N–H and O–H groups in total. The lowest BCUT2D eigenvalue weighted by molar-refractivity contribution is 0.440. The van der Waals surface area contributed by atoms with Gasteiger partial charge in [0.15, 0.2) is 0 Å². The summed E-state index contributed by atoms with van der Waals surface area (Å²) >= 11 is 9.53. The van der Waals surface area contributed by atoms with Crippen LogP contribution in [0.3, 0.4) is 0 Å². The number of halogens is 1. The van der Waals surface area contributed by atoms with Gasteiger partial charge in [-0.3, -0.25) is 10.6 Å². The molecule has 0 aromatic heterocycles. The molecule has 3 rings (SSSR count). The van der Waals surface area contributed by atoms with E-state index in [4.69, 9.17) is 12.2 Å². The lowest BCUT2D eigenvalue weighted by atomic mass is 10.1. The zero-order valence-corrected chi connectivity index (χ0v) is 13.9. The zero-order chi connectivity index (χ0) is 13.2. The van der Waals surface area contributed by atoms with Crippen molar-refractivity contribution in [3.63, 3.8) is 0 Å². The maximum absolute atomic E-state index is 5.30. The van der Waals surface area contributed by atoms with Gasteiger partial charge in [0.2, 0.25) is 0 Å². The van der Waals surface area contributed by atoms with Crippen molar-refractivity contribution >= 4 is 51.6 Å². The van der Waals surface area contributed by atoms with Crippen molar-refractivity contribution < 1.29 is 0 Å². The van der Waals surface area contributed by atoms with Crippen molar-refractivity contribution in [3.05, 3.63) is 33.4 Å². The largest absolute Gasteiger partial charge is 0.313 e. The van der Waals surface area contributed by atoms with E-state index in [1.165, 1.54) is 9.13 Å². The van der Waals surface area contributed by atoms with Crippen molar-refractivity contribution in [3.8, 4) is 0 Å². The molecule has 0 bridgehead atoms. The Kier molecular flexibility index (Phi) is 4.60. The lowest BCUT2D eigenvalue weighted by Crippen LogP contribution is -2.64. The van der Waals surface area contributed by atoms with E-state index >= 15 is 0 Å². The van der Waals surface area contributed by atoms with Gasteiger partial charge in [-0.1, -0.05) is 24.4 Å². The molecule has 7 heteroatoms. The van der Waals surface area contributed by atoms with E-state index in [-0.39, 0.29) is 6.04 Å². The second-order valence-corrected chi connectivity index (χ2v) is 7.40. The monoisotopic (exact) mass is 406 g/mol. The highest BCUT2D eigenvalue weighted by atomic mass is 127. The van der Waals surface area contributed by atoms with Crippen molar-refractivity contribution in [2.24, 2.45) is 0 Å². The molecule has 3 atom stereocenters. The molecule has 19 heavy (non-hydrogen) atoms. The molecule has 4 nitrogen and oxygen atoms in total.